The summed E-state index contributed by atoms with van der Waals surface area (Å²) in [5.41, 5.74) is 2.73. The Labute approximate surface area is 163 Å². The van der Waals surface area contributed by atoms with Crippen LogP contribution in [0.15, 0.2) is 22.7 Å². The van der Waals surface area contributed by atoms with E-state index in [4.69, 9.17) is 27.7 Å². The van der Waals surface area contributed by atoms with Crippen LogP contribution < -0.4 is 10.6 Å². The Morgan fingerprint density at radius 1 is 1.12 bits per heavy atom. The molecular formula is C20H23Cl2N3O. The predicted octanol–water partition coefficient (Wildman–Crippen LogP) is 4.61. The molecule has 26 heavy (non-hydrogen) atoms. The summed E-state index contributed by atoms with van der Waals surface area (Å²) in [7, 11) is 0. The van der Waals surface area contributed by atoms with Crippen molar-refractivity contribution in [1.29, 1.82) is 0 Å². The number of halogens is 2. The van der Waals surface area contributed by atoms with Crippen LogP contribution in [0.3, 0.4) is 0 Å². The van der Waals surface area contributed by atoms with Crippen LogP contribution in [-0.2, 0) is 6.54 Å². The second-order valence-electron chi connectivity index (χ2n) is 7.97. The van der Waals surface area contributed by atoms with E-state index in [9.17, 15) is 0 Å². The summed E-state index contributed by atoms with van der Waals surface area (Å²) in [6.45, 7) is 3.11. The molecule has 1 aromatic heterocycles. The highest BCUT2D eigenvalue weighted by atomic mass is 35.5. The number of nitrogens with zero attached hydrogens (tertiary/aromatic N) is 1. The Balaban J connectivity index is 1.41. The lowest BCUT2D eigenvalue weighted by molar-refractivity contribution is 0.383. The summed E-state index contributed by atoms with van der Waals surface area (Å²) < 4.78 is 5.76. The quantitative estimate of drug-likeness (QED) is 0.780. The maximum absolute atomic E-state index is 6.44. The van der Waals surface area contributed by atoms with E-state index in [1.807, 2.05) is 18.2 Å². The van der Waals surface area contributed by atoms with Crippen LogP contribution in [0.1, 0.15) is 42.9 Å². The lowest BCUT2D eigenvalue weighted by Gasteiger charge is -2.15. The van der Waals surface area contributed by atoms with E-state index in [0.29, 0.717) is 22.0 Å². The zero-order chi connectivity index (χ0) is 17.7. The number of benzene rings is 1. The first-order valence-corrected chi connectivity index (χ1v) is 10.3. The fraction of sp³-hybridized carbons (Fsp3) is 0.550. The molecule has 3 atom stereocenters. The molecule has 2 N–H and O–H groups in total. The van der Waals surface area contributed by atoms with Crippen LogP contribution >= 0.6 is 23.2 Å². The van der Waals surface area contributed by atoms with Crippen molar-refractivity contribution < 1.29 is 4.52 Å². The van der Waals surface area contributed by atoms with Gasteiger partial charge in [0, 0.05) is 29.6 Å². The highest BCUT2D eigenvalue weighted by Gasteiger charge is 2.38. The van der Waals surface area contributed by atoms with Gasteiger partial charge in [0.2, 0.25) is 0 Å². The summed E-state index contributed by atoms with van der Waals surface area (Å²) in [6, 6.07) is 6.15. The molecule has 5 rings (SSSR count). The first-order chi connectivity index (χ1) is 12.7. The SMILES string of the molecule is Clc1cccc(Cl)c1-c1noc(C2CC2)c1CN[C@H]1C[C@H]2CNC[C@H]2C1. The number of fused-ring (bicyclic) bond motifs is 1. The van der Waals surface area contributed by atoms with Crippen LogP contribution in [-0.4, -0.2) is 24.3 Å². The van der Waals surface area contributed by atoms with Gasteiger partial charge in [-0.2, -0.15) is 0 Å². The largest absolute Gasteiger partial charge is 0.360 e. The van der Waals surface area contributed by atoms with Gasteiger partial charge in [-0.3, -0.25) is 0 Å². The number of aromatic nitrogens is 1. The first kappa shape index (κ1) is 17.1. The van der Waals surface area contributed by atoms with E-state index in [2.05, 4.69) is 15.8 Å². The van der Waals surface area contributed by atoms with Crippen molar-refractivity contribution in [2.75, 3.05) is 13.1 Å². The normalized spacial score (nSPS) is 27.8. The fourth-order valence-corrected chi connectivity index (χ4v) is 5.24. The zero-order valence-electron chi connectivity index (χ0n) is 14.6. The molecule has 138 valence electrons. The molecule has 3 aliphatic rings. The van der Waals surface area contributed by atoms with E-state index in [1.54, 1.807) is 0 Å². The van der Waals surface area contributed by atoms with Gasteiger partial charge >= 0.3 is 0 Å². The standard InChI is InChI=1S/C20H23Cl2N3O/c21-16-2-1-3-17(22)18(16)19-15(20(26-25-19)11-4-5-11)10-24-14-6-12-8-23-9-13(12)7-14/h1-3,11-14,23-24H,4-10H2/t12-,13+,14-. The van der Waals surface area contributed by atoms with Crippen molar-refractivity contribution in [3.63, 3.8) is 0 Å². The molecule has 2 saturated carbocycles. The Kier molecular flexibility index (Phi) is 4.48. The van der Waals surface area contributed by atoms with Gasteiger partial charge in [-0.05, 0) is 62.7 Å². The lowest BCUT2D eigenvalue weighted by atomic mass is 10.0. The predicted molar refractivity (Wildman–Crippen MR) is 104 cm³/mol. The van der Waals surface area contributed by atoms with Crippen molar-refractivity contribution in [3.05, 3.63) is 39.6 Å². The molecule has 0 radical (unpaired) electrons. The van der Waals surface area contributed by atoms with Gasteiger partial charge in [-0.15, -0.1) is 0 Å². The molecule has 3 fully saturated rings. The Morgan fingerprint density at radius 2 is 1.81 bits per heavy atom. The molecule has 2 aromatic rings. The molecule has 0 spiro atoms. The molecule has 1 saturated heterocycles. The van der Waals surface area contributed by atoms with Gasteiger partial charge in [0.25, 0.3) is 0 Å². The third-order valence-corrected chi connectivity index (χ3v) is 6.82. The molecule has 1 aromatic carbocycles. The average Bonchev–Trinajstić information content (AvgIpc) is 3.04. The van der Waals surface area contributed by atoms with Crippen molar-refractivity contribution in [1.82, 2.24) is 15.8 Å². The zero-order valence-corrected chi connectivity index (χ0v) is 16.1. The maximum Gasteiger partial charge on any atom is 0.144 e. The Bertz CT molecular complexity index is 785. The topological polar surface area (TPSA) is 50.1 Å². The third-order valence-electron chi connectivity index (χ3n) is 6.19. The smallest absolute Gasteiger partial charge is 0.144 e. The van der Waals surface area contributed by atoms with E-state index < -0.39 is 0 Å². The van der Waals surface area contributed by atoms with E-state index in [1.165, 1.54) is 38.8 Å². The number of hydrogen-bond donors (Lipinski definition) is 2. The summed E-state index contributed by atoms with van der Waals surface area (Å²) in [5.74, 6) is 3.18. The van der Waals surface area contributed by atoms with E-state index in [-0.39, 0.29) is 0 Å². The molecule has 6 heteroatoms. The van der Waals surface area contributed by atoms with Crippen LogP contribution in [0.25, 0.3) is 11.3 Å². The van der Waals surface area contributed by atoms with Gasteiger partial charge in [-0.1, -0.05) is 34.4 Å². The maximum atomic E-state index is 6.44. The summed E-state index contributed by atoms with van der Waals surface area (Å²) in [4.78, 5) is 0. The summed E-state index contributed by atoms with van der Waals surface area (Å²) >= 11 is 12.9. The molecular weight excluding hydrogens is 369 g/mol. The van der Waals surface area contributed by atoms with E-state index in [0.717, 1.165) is 41.0 Å². The summed E-state index contributed by atoms with van der Waals surface area (Å²) in [6.07, 6.45) is 4.86. The highest BCUT2D eigenvalue weighted by molar-refractivity contribution is 6.39. The van der Waals surface area contributed by atoms with Gasteiger partial charge in [0.1, 0.15) is 11.5 Å². The fourth-order valence-electron chi connectivity index (χ4n) is 4.66. The highest BCUT2D eigenvalue weighted by Crippen LogP contribution is 2.46. The van der Waals surface area contributed by atoms with Crippen molar-refractivity contribution in [3.8, 4) is 11.3 Å². The van der Waals surface area contributed by atoms with Crippen LogP contribution in [0, 0.1) is 11.8 Å². The second-order valence-corrected chi connectivity index (χ2v) is 8.79. The number of rotatable bonds is 5. The second kappa shape index (κ2) is 6.83. The average molecular weight is 392 g/mol. The Hall–Kier alpha value is -1.07. The van der Waals surface area contributed by atoms with Gasteiger partial charge in [0.05, 0.1) is 10.0 Å². The Morgan fingerprint density at radius 3 is 2.46 bits per heavy atom. The molecule has 4 nitrogen and oxygen atoms in total. The monoisotopic (exact) mass is 391 g/mol. The molecule has 0 amide bonds. The lowest BCUT2D eigenvalue weighted by Crippen LogP contribution is -2.28. The molecule has 0 unspecified atom stereocenters. The van der Waals surface area contributed by atoms with Crippen LogP contribution in [0.5, 0.6) is 0 Å². The van der Waals surface area contributed by atoms with Gasteiger partial charge in [-0.25, -0.2) is 0 Å². The molecule has 0 bridgehead atoms. The van der Waals surface area contributed by atoms with Gasteiger partial charge in [0.15, 0.2) is 0 Å². The molecule has 1 aliphatic heterocycles. The van der Waals surface area contributed by atoms with Crippen molar-refractivity contribution in [2.24, 2.45) is 11.8 Å². The first-order valence-electron chi connectivity index (χ1n) is 9.57. The van der Waals surface area contributed by atoms with Gasteiger partial charge < -0.3 is 15.2 Å². The number of nitrogens with one attached hydrogen (secondary N) is 2. The van der Waals surface area contributed by atoms with Crippen LogP contribution in [0.2, 0.25) is 10.0 Å². The molecule has 2 heterocycles. The molecule has 2 aliphatic carbocycles. The minimum Gasteiger partial charge on any atom is -0.360 e. The van der Waals surface area contributed by atoms with E-state index >= 15 is 0 Å². The van der Waals surface area contributed by atoms with Crippen LogP contribution in [0.4, 0.5) is 0 Å². The third kappa shape index (κ3) is 3.07. The minimum absolute atomic E-state index is 0.501. The minimum atomic E-state index is 0.501. The van der Waals surface area contributed by atoms with Crippen molar-refractivity contribution in [2.45, 2.75) is 44.2 Å². The van der Waals surface area contributed by atoms with Crippen molar-refractivity contribution >= 4 is 23.2 Å². The number of hydrogen-bond acceptors (Lipinski definition) is 4. The summed E-state index contributed by atoms with van der Waals surface area (Å²) in [5, 5.41) is 12.9.